The number of benzene rings is 1. The van der Waals surface area contributed by atoms with Crippen molar-refractivity contribution < 1.29 is 19.4 Å². The molecule has 2 saturated heterocycles. The van der Waals surface area contributed by atoms with Crippen LogP contribution in [0.5, 0.6) is 5.75 Å². The first kappa shape index (κ1) is 19.3. The summed E-state index contributed by atoms with van der Waals surface area (Å²) in [5.41, 5.74) is 7.00. The van der Waals surface area contributed by atoms with Gasteiger partial charge in [0.2, 0.25) is 0 Å². The molecule has 3 N–H and O–H groups in total. The monoisotopic (exact) mass is 427 g/mol. The Balaban J connectivity index is 1.62. The fourth-order valence-corrected chi connectivity index (χ4v) is 6.75. The standard InChI is InChI=1S/C22H29N5O4/c1-10-16-17(25-13-7-5-4-6-12(13)24-16)15-11(9-31-21(23)29)22(30-3)20-14(26(20)2)8-27(22)18(15)19(10)28/h11-14,20,28H,4-9H2,1-3H3,(H2,23,29)/t11-,12+,13-,14+,20+,22-,26?/m1/s1. The predicted octanol–water partition coefficient (Wildman–Crippen LogP) is 0.302. The average Bonchev–Trinajstić information content (AvgIpc) is 3.14. The Morgan fingerprint density at radius 2 is 1.94 bits per heavy atom. The number of amides is 1. The lowest BCUT2D eigenvalue weighted by Crippen LogP contribution is -2.54. The van der Waals surface area contributed by atoms with E-state index in [1.54, 1.807) is 7.11 Å². The van der Waals surface area contributed by atoms with Crippen LogP contribution in [0.25, 0.3) is 0 Å². The lowest BCUT2D eigenvalue weighted by molar-refractivity contribution is -0.0428. The van der Waals surface area contributed by atoms with E-state index in [0.29, 0.717) is 6.04 Å². The third kappa shape index (κ3) is 2.31. The van der Waals surface area contributed by atoms with Crippen molar-refractivity contribution in [1.82, 2.24) is 4.90 Å². The maximum atomic E-state index is 11.6. The molecular formula is C22H29N5O4. The number of anilines is 1. The number of aromatic hydroxyl groups is 1. The molecule has 0 bridgehead atoms. The van der Waals surface area contributed by atoms with E-state index in [9.17, 15) is 9.90 Å². The van der Waals surface area contributed by atoms with E-state index in [4.69, 9.17) is 25.2 Å². The molecule has 3 fully saturated rings. The molecule has 7 atom stereocenters. The van der Waals surface area contributed by atoms with Gasteiger partial charge in [0.25, 0.3) is 0 Å². The minimum absolute atomic E-state index is 0.0717. The Morgan fingerprint density at radius 3 is 2.58 bits per heavy atom. The summed E-state index contributed by atoms with van der Waals surface area (Å²) < 4.78 is 11.6. The molecule has 31 heavy (non-hydrogen) atoms. The van der Waals surface area contributed by atoms with Crippen molar-refractivity contribution in [3.05, 3.63) is 21.8 Å². The van der Waals surface area contributed by atoms with E-state index in [0.717, 1.165) is 59.8 Å². The number of fused-ring (bicyclic) bond motifs is 8. The highest BCUT2D eigenvalue weighted by atomic mass is 16.6. The Labute approximate surface area is 180 Å². The minimum Gasteiger partial charge on any atom is -0.505 e. The number of ether oxygens (including phenoxy) is 2. The number of phenolic OH excluding ortho intramolecular Hbond substituents is 1. The van der Waals surface area contributed by atoms with E-state index < -0.39 is 11.8 Å². The second-order valence-corrected chi connectivity index (χ2v) is 9.54. The highest BCUT2D eigenvalue weighted by molar-refractivity contribution is 5.75. The summed E-state index contributed by atoms with van der Waals surface area (Å²) in [6, 6.07) is 0.820. The van der Waals surface area contributed by atoms with Crippen LogP contribution in [-0.4, -0.2) is 73.3 Å². The smallest absolute Gasteiger partial charge is 0.404 e. The number of carbonyl (C=O) groups is 1. The molecule has 0 radical (unpaired) electrons. The first-order valence-electron chi connectivity index (χ1n) is 11.2. The molecule has 1 aromatic rings. The number of hydrogen-bond acceptors (Lipinski definition) is 8. The summed E-state index contributed by atoms with van der Waals surface area (Å²) in [4.78, 5) is 26.3. The van der Waals surface area contributed by atoms with Gasteiger partial charge in [-0.1, -0.05) is 12.8 Å². The van der Waals surface area contributed by atoms with E-state index in [-0.39, 0.29) is 36.4 Å². The van der Waals surface area contributed by atoms with Crippen molar-refractivity contribution in [3.8, 4) is 5.75 Å². The molecule has 9 heteroatoms. The van der Waals surface area contributed by atoms with Crippen LogP contribution in [0, 0.1) is 6.92 Å². The Kier molecular flexibility index (Phi) is 3.94. The summed E-state index contributed by atoms with van der Waals surface area (Å²) in [5.74, 6) is -0.0896. The first-order valence-corrected chi connectivity index (χ1v) is 11.2. The van der Waals surface area contributed by atoms with Gasteiger partial charge in [0.1, 0.15) is 12.4 Å². The molecule has 6 rings (SSSR count). The number of nitrogens with two attached hydrogens (primary N) is 1. The van der Waals surface area contributed by atoms with Crippen LogP contribution in [0.2, 0.25) is 0 Å². The summed E-state index contributed by atoms with van der Waals surface area (Å²) in [6.45, 7) is 2.73. The molecule has 1 saturated carbocycles. The van der Waals surface area contributed by atoms with Crippen LogP contribution in [0.4, 0.5) is 10.5 Å². The van der Waals surface area contributed by atoms with Crippen LogP contribution in [0.1, 0.15) is 42.7 Å². The average molecular weight is 428 g/mol. The molecular weight excluding hydrogens is 398 g/mol. The van der Waals surface area contributed by atoms with E-state index in [1.807, 2.05) is 6.92 Å². The first-order chi connectivity index (χ1) is 14.9. The minimum atomic E-state index is -0.816. The zero-order valence-corrected chi connectivity index (χ0v) is 18.2. The van der Waals surface area contributed by atoms with Crippen molar-refractivity contribution in [1.29, 1.82) is 0 Å². The zero-order chi connectivity index (χ0) is 21.7. The van der Waals surface area contributed by atoms with E-state index >= 15 is 0 Å². The summed E-state index contributed by atoms with van der Waals surface area (Å²) in [6.07, 6.45) is 3.56. The van der Waals surface area contributed by atoms with Crippen LogP contribution in [-0.2, 0) is 9.47 Å². The van der Waals surface area contributed by atoms with E-state index in [2.05, 4.69) is 16.8 Å². The molecule has 1 amide bonds. The molecule has 0 spiro atoms. The van der Waals surface area contributed by atoms with Crippen LogP contribution >= 0.6 is 0 Å². The van der Waals surface area contributed by atoms with Crippen LogP contribution in [0.15, 0.2) is 9.98 Å². The molecule has 4 heterocycles. The Hall–Kier alpha value is -2.39. The molecule has 4 aliphatic heterocycles. The zero-order valence-electron chi connectivity index (χ0n) is 18.2. The third-order valence-corrected chi connectivity index (χ3v) is 8.24. The van der Waals surface area contributed by atoms with Gasteiger partial charge in [-0.2, -0.15) is 0 Å². The maximum Gasteiger partial charge on any atom is 0.404 e. The number of rotatable bonds is 3. The number of likely N-dealkylation sites (N-methyl/N-ethyl adjacent to an activating group) is 1. The SMILES string of the molecule is CO[C@@]12[C@H](COC(N)=O)c3c(c(O)c(C)c4c3=N[C@@H]3CCCC[C@@H]3N=4)N1C[C@H]1[C@@H]2N1C. The predicted molar refractivity (Wildman–Crippen MR) is 112 cm³/mol. The molecule has 1 aromatic carbocycles. The number of piperazine rings is 1. The van der Waals surface area contributed by atoms with Gasteiger partial charge in [-0.25, -0.2) is 4.79 Å². The van der Waals surface area contributed by atoms with Crippen molar-refractivity contribution >= 4 is 11.8 Å². The molecule has 9 nitrogen and oxygen atoms in total. The summed E-state index contributed by atoms with van der Waals surface area (Å²) in [5, 5.41) is 13.0. The van der Waals surface area contributed by atoms with Gasteiger partial charge in [-0.3, -0.25) is 14.9 Å². The largest absolute Gasteiger partial charge is 0.505 e. The van der Waals surface area contributed by atoms with Crippen molar-refractivity contribution in [2.75, 3.05) is 32.2 Å². The van der Waals surface area contributed by atoms with E-state index in [1.165, 1.54) is 0 Å². The second-order valence-electron chi connectivity index (χ2n) is 9.54. The quantitative estimate of drug-likeness (QED) is 0.671. The Bertz CT molecular complexity index is 1110. The molecule has 0 aromatic heterocycles. The molecule has 1 aliphatic carbocycles. The number of phenols is 1. The highest BCUT2D eigenvalue weighted by Crippen LogP contribution is 2.61. The summed E-state index contributed by atoms with van der Waals surface area (Å²) in [7, 11) is 3.77. The molecule has 5 aliphatic rings. The number of carbonyl (C=O) groups excluding carboxylic acids is 1. The topological polar surface area (TPSA) is 113 Å². The number of hydrogen-bond donors (Lipinski definition) is 2. The van der Waals surface area contributed by atoms with Gasteiger partial charge >= 0.3 is 6.09 Å². The van der Waals surface area contributed by atoms with Crippen LogP contribution < -0.4 is 21.3 Å². The van der Waals surface area contributed by atoms with Crippen molar-refractivity contribution in [2.24, 2.45) is 15.7 Å². The lowest BCUT2D eigenvalue weighted by atomic mass is 9.86. The number of methoxy groups -OCH3 is 1. The fourth-order valence-electron chi connectivity index (χ4n) is 6.75. The van der Waals surface area contributed by atoms with Gasteiger partial charge in [0.15, 0.2) is 5.72 Å². The van der Waals surface area contributed by atoms with Gasteiger partial charge in [0, 0.05) is 30.8 Å². The number of primary amides is 1. The van der Waals surface area contributed by atoms with Crippen molar-refractivity contribution in [2.45, 2.75) is 68.4 Å². The highest BCUT2D eigenvalue weighted by Gasteiger charge is 2.74. The fraction of sp³-hybridized carbons (Fsp3) is 0.682. The Morgan fingerprint density at radius 1 is 1.26 bits per heavy atom. The van der Waals surface area contributed by atoms with Gasteiger partial charge in [0.05, 0.1) is 40.4 Å². The molecule has 166 valence electrons. The van der Waals surface area contributed by atoms with Crippen LogP contribution in [0.3, 0.4) is 0 Å². The normalized spacial score (nSPS) is 38.7. The third-order valence-electron chi connectivity index (χ3n) is 8.24. The number of nitrogens with zero attached hydrogens (tertiary/aromatic N) is 4. The van der Waals surface area contributed by atoms with Gasteiger partial charge in [-0.05, 0) is 26.8 Å². The maximum absolute atomic E-state index is 11.6. The second kappa shape index (κ2) is 6.32. The summed E-state index contributed by atoms with van der Waals surface area (Å²) >= 11 is 0. The lowest BCUT2D eigenvalue weighted by Gasteiger charge is -2.39. The van der Waals surface area contributed by atoms with Crippen molar-refractivity contribution in [3.63, 3.8) is 0 Å². The molecule has 1 unspecified atom stereocenters. The van der Waals surface area contributed by atoms with Gasteiger partial charge in [-0.15, -0.1) is 0 Å². The van der Waals surface area contributed by atoms with Gasteiger partial charge < -0.3 is 25.2 Å².